The number of allylic oxidation sites excluding steroid dienone is 2. The Bertz CT molecular complexity index is 128. The Balaban J connectivity index is 3.68. The highest BCUT2D eigenvalue weighted by Crippen LogP contribution is 2.12. The number of ether oxygens (including phenoxy) is 1. The lowest BCUT2D eigenvalue weighted by Gasteiger charge is -2.16. The van der Waals surface area contributed by atoms with E-state index in [9.17, 15) is 4.39 Å². The molecule has 1 unspecified atom stereocenters. The smallest absolute Gasteiger partial charge is 0.0929 e. The molecule has 0 fully saturated rings. The fraction of sp³-hybridized carbons (Fsp3) is 0.778. The van der Waals surface area contributed by atoms with E-state index in [0.29, 0.717) is 5.92 Å². The molecule has 0 aromatic carbocycles. The summed E-state index contributed by atoms with van der Waals surface area (Å²) in [5.41, 5.74) is 0. The molecule has 0 bridgehead atoms. The van der Waals surface area contributed by atoms with Gasteiger partial charge in [0.05, 0.1) is 11.9 Å². The SMILES string of the molecule is CO[C@@H](C)C(C)C/C=C(\C)F. The average Bonchev–Trinajstić information content (AvgIpc) is 1.98. The van der Waals surface area contributed by atoms with E-state index in [2.05, 4.69) is 0 Å². The van der Waals surface area contributed by atoms with Gasteiger partial charge in [-0.15, -0.1) is 0 Å². The van der Waals surface area contributed by atoms with Gasteiger partial charge >= 0.3 is 0 Å². The Labute approximate surface area is 68.2 Å². The molecular weight excluding hydrogens is 143 g/mol. The molecule has 0 aromatic heterocycles. The van der Waals surface area contributed by atoms with Crippen LogP contribution in [0.15, 0.2) is 11.9 Å². The second kappa shape index (κ2) is 5.30. The molecule has 0 aliphatic heterocycles. The zero-order valence-corrected chi connectivity index (χ0v) is 7.73. The van der Waals surface area contributed by atoms with Crippen molar-refractivity contribution in [2.75, 3.05) is 7.11 Å². The minimum Gasteiger partial charge on any atom is -0.381 e. The van der Waals surface area contributed by atoms with Gasteiger partial charge in [0, 0.05) is 7.11 Å². The van der Waals surface area contributed by atoms with Crippen LogP contribution in [0, 0.1) is 5.92 Å². The quantitative estimate of drug-likeness (QED) is 0.614. The molecule has 0 aromatic rings. The summed E-state index contributed by atoms with van der Waals surface area (Å²) in [6, 6.07) is 0. The first-order valence-corrected chi connectivity index (χ1v) is 3.93. The highest BCUT2D eigenvalue weighted by atomic mass is 19.1. The minimum absolute atomic E-state index is 0.111. The summed E-state index contributed by atoms with van der Waals surface area (Å²) in [5, 5.41) is 0. The van der Waals surface area contributed by atoms with Crippen LogP contribution < -0.4 is 0 Å². The molecule has 0 N–H and O–H groups in total. The highest BCUT2D eigenvalue weighted by Gasteiger charge is 2.08. The summed E-state index contributed by atoms with van der Waals surface area (Å²) in [6.45, 7) is 5.50. The lowest BCUT2D eigenvalue weighted by Crippen LogP contribution is -2.15. The van der Waals surface area contributed by atoms with Gasteiger partial charge in [0.15, 0.2) is 0 Å². The molecule has 0 saturated heterocycles. The van der Waals surface area contributed by atoms with Gasteiger partial charge in [0.2, 0.25) is 0 Å². The van der Waals surface area contributed by atoms with Crippen LogP contribution in [-0.4, -0.2) is 13.2 Å². The first-order valence-electron chi connectivity index (χ1n) is 3.93. The maximum absolute atomic E-state index is 12.2. The van der Waals surface area contributed by atoms with Crippen LogP contribution in [-0.2, 0) is 4.74 Å². The molecule has 0 aliphatic carbocycles. The highest BCUT2D eigenvalue weighted by molar-refractivity contribution is 4.88. The van der Waals surface area contributed by atoms with Crippen molar-refractivity contribution in [3.8, 4) is 0 Å². The van der Waals surface area contributed by atoms with E-state index in [1.807, 2.05) is 13.8 Å². The molecule has 11 heavy (non-hydrogen) atoms. The number of halogens is 1. The molecule has 1 nitrogen and oxygen atoms in total. The van der Waals surface area contributed by atoms with Crippen molar-refractivity contribution < 1.29 is 9.13 Å². The van der Waals surface area contributed by atoms with Gasteiger partial charge in [-0.3, -0.25) is 0 Å². The summed E-state index contributed by atoms with van der Waals surface area (Å²) in [5.74, 6) is 0.269. The van der Waals surface area contributed by atoms with E-state index < -0.39 is 0 Å². The number of hydrogen-bond donors (Lipinski definition) is 0. The summed E-state index contributed by atoms with van der Waals surface area (Å²) >= 11 is 0. The normalized spacial score (nSPS) is 18.1. The van der Waals surface area contributed by atoms with E-state index in [-0.39, 0.29) is 11.9 Å². The van der Waals surface area contributed by atoms with Crippen molar-refractivity contribution in [2.45, 2.75) is 33.3 Å². The standard InChI is InChI=1S/C9H17FO/c1-7(9(3)11-4)5-6-8(2)10/h6-7,9H,5H2,1-4H3/b8-6+/t7?,9-/m0/s1. The fourth-order valence-electron chi connectivity index (χ4n) is 0.772. The Hall–Kier alpha value is -0.370. The van der Waals surface area contributed by atoms with Crippen molar-refractivity contribution in [3.05, 3.63) is 11.9 Å². The largest absolute Gasteiger partial charge is 0.381 e. The third-order valence-corrected chi connectivity index (χ3v) is 1.94. The average molecular weight is 160 g/mol. The molecule has 0 radical (unpaired) electrons. The van der Waals surface area contributed by atoms with Crippen molar-refractivity contribution in [2.24, 2.45) is 5.92 Å². The van der Waals surface area contributed by atoms with Gasteiger partial charge in [0.1, 0.15) is 0 Å². The minimum atomic E-state index is -0.111. The fourth-order valence-corrected chi connectivity index (χ4v) is 0.772. The molecule has 2 heteroatoms. The summed E-state index contributed by atoms with van der Waals surface area (Å²) in [6.07, 6.45) is 2.54. The maximum atomic E-state index is 12.2. The summed E-state index contributed by atoms with van der Waals surface area (Å²) in [4.78, 5) is 0. The van der Waals surface area contributed by atoms with E-state index >= 15 is 0 Å². The lowest BCUT2D eigenvalue weighted by atomic mass is 10.0. The molecule has 0 saturated carbocycles. The van der Waals surface area contributed by atoms with Crippen LogP contribution in [0.4, 0.5) is 4.39 Å². The number of hydrogen-bond acceptors (Lipinski definition) is 1. The number of methoxy groups -OCH3 is 1. The third-order valence-electron chi connectivity index (χ3n) is 1.94. The van der Waals surface area contributed by atoms with Gasteiger partial charge in [-0.1, -0.05) is 13.0 Å². The first kappa shape index (κ1) is 10.6. The van der Waals surface area contributed by atoms with Gasteiger partial charge in [-0.2, -0.15) is 0 Å². The van der Waals surface area contributed by atoms with Crippen LogP contribution in [0.5, 0.6) is 0 Å². The van der Waals surface area contributed by atoms with Crippen molar-refractivity contribution in [1.29, 1.82) is 0 Å². The summed E-state index contributed by atoms with van der Waals surface area (Å²) < 4.78 is 17.3. The van der Waals surface area contributed by atoms with Gasteiger partial charge in [-0.05, 0) is 26.2 Å². The Morgan fingerprint density at radius 1 is 1.55 bits per heavy atom. The Morgan fingerprint density at radius 3 is 2.45 bits per heavy atom. The molecule has 2 atom stereocenters. The second-order valence-electron chi connectivity index (χ2n) is 2.94. The van der Waals surface area contributed by atoms with Crippen molar-refractivity contribution in [3.63, 3.8) is 0 Å². The molecular formula is C9H17FO. The molecule has 0 rings (SSSR count). The molecule has 0 amide bonds. The van der Waals surface area contributed by atoms with Gasteiger partial charge < -0.3 is 4.74 Å². The summed E-state index contributed by atoms with van der Waals surface area (Å²) in [7, 11) is 1.67. The van der Waals surface area contributed by atoms with Crippen LogP contribution in [0.25, 0.3) is 0 Å². The van der Waals surface area contributed by atoms with Crippen molar-refractivity contribution >= 4 is 0 Å². The van der Waals surface area contributed by atoms with E-state index in [1.165, 1.54) is 6.92 Å². The topological polar surface area (TPSA) is 9.23 Å². The second-order valence-corrected chi connectivity index (χ2v) is 2.94. The van der Waals surface area contributed by atoms with E-state index in [4.69, 9.17) is 4.74 Å². The molecule has 0 heterocycles. The zero-order chi connectivity index (χ0) is 8.85. The van der Waals surface area contributed by atoms with E-state index in [1.54, 1.807) is 13.2 Å². The maximum Gasteiger partial charge on any atom is 0.0929 e. The predicted molar refractivity (Wildman–Crippen MR) is 45.1 cm³/mol. The monoisotopic (exact) mass is 160 g/mol. The van der Waals surface area contributed by atoms with E-state index in [0.717, 1.165) is 6.42 Å². The Morgan fingerprint density at radius 2 is 2.09 bits per heavy atom. The van der Waals surface area contributed by atoms with Gasteiger partial charge in [-0.25, -0.2) is 4.39 Å². The van der Waals surface area contributed by atoms with Crippen molar-refractivity contribution in [1.82, 2.24) is 0 Å². The van der Waals surface area contributed by atoms with Crippen LogP contribution in [0.1, 0.15) is 27.2 Å². The van der Waals surface area contributed by atoms with Gasteiger partial charge in [0.25, 0.3) is 0 Å². The molecule has 0 aliphatic rings. The zero-order valence-electron chi connectivity index (χ0n) is 7.73. The first-order chi connectivity index (χ1) is 5.07. The third kappa shape index (κ3) is 4.96. The predicted octanol–water partition coefficient (Wildman–Crippen LogP) is 2.92. The molecule has 0 spiro atoms. The lowest BCUT2D eigenvalue weighted by molar-refractivity contribution is 0.0746. The molecule has 66 valence electrons. The van der Waals surface area contributed by atoms with Crippen LogP contribution in [0.2, 0.25) is 0 Å². The van der Waals surface area contributed by atoms with Crippen LogP contribution in [0.3, 0.4) is 0 Å². The van der Waals surface area contributed by atoms with Crippen LogP contribution >= 0.6 is 0 Å². The number of rotatable bonds is 4. The Kier molecular flexibility index (Phi) is 5.12.